The fourth-order valence-electron chi connectivity index (χ4n) is 3.64. The number of nitrogens with one attached hydrogen (secondary N) is 1. The maximum absolute atomic E-state index is 12.5. The number of ether oxygens (including phenoxy) is 2. The Kier molecular flexibility index (Phi) is 7.35. The average molecular weight is 382 g/mol. The van der Waals surface area contributed by atoms with E-state index in [1.807, 2.05) is 50.2 Å². The topological polar surface area (TPSA) is 47.6 Å². The highest BCUT2D eigenvalue weighted by Crippen LogP contribution is 2.26. The molecule has 3 rings (SSSR count). The number of carbonyl (C=O) groups excluding carboxylic acids is 1. The van der Waals surface area contributed by atoms with Gasteiger partial charge in [-0.2, -0.15) is 0 Å². The molecule has 28 heavy (non-hydrogen) atoms. The molecule has 0 aliphatic heterocycles. The van der Waals surface area contributed by atoms with Crippen LogP contribution in [0, 0.1) is 5.92 Å². The van der Waals surface area contributed by atoms with Gasteiger partial charge in [-0.25, -0.2) is 0 Å². The number of hydrogen-bond donors (Lipinski definition) is 1. The second-order valence-corrected chi connectivity index (χ2v) is 7.81. The van der Waals surface area contributed by atoms with Gasteiger partial charge in [0, 0.05) is 11.3 Å². The van der Waals surface area contributed by atoms with E-state index in [-0.39, 0.29) is 12.0 Å². The van der Waals surface area contributed by atoms with Crippen LogP contribution >= 0.6 is 0 Å². The third-order valence-corrected chi connectivity index (χ3v) is 5.10. The van der Waals surface area contributed by atoms with Crippen molar-refractivity contribution in [2.75, 3.05) is 11.9 Å². The van der Waals surface area contributed by atoms with Crippen LogP contribution in [0.5, 0.6) is 11.5 Å². The molecule has 1 saturated carbocycles. The van der Waals surface area contributed by atoms with Gasteiger partial charge in [-0.15, -0.1) is 0 Å². The molecule has 1 aliphatic rings. The quantitative estimate of drug-likeness (QED) is 0.603. The molecule has 150 valence electrons. The van der Waals surface area contributed by atoms with Crippen LogP contribution in [0.1, 0.15) is 62.7 Å². The molecule has 0 spiro atoms. The van der Waals surface area contributed by atoms with Gasteiger partial charge in [-0.3, -0.25) is 4.79 Å². The number of benzene rings is 2. The summed E-state index contributed by atoms with van der Waals surface area (Å²) in [7, 11) is 0. The van der Waals surface area contributed by atoms with Gasteiger partial charge in [0.1, 0.15) is 11.5 Å². The molecule has 1 aliphatic carbocycles. The summed E-state index contributed by atoms with van der Waals surface area (Å²) in [6.07, 6.45) is 8.02. The first-order valence-corrected chi connectivity index (χ1v) is 10.4. The maximum atomic E-state index is 12.5. The minimum absolute atomic E-state index is 0.0731. The van der Waals surface area contributed by atoms with Crippen molar-refractivity contribution in [1.29, 1.82) is 0 Å². The second-order valence-electron chi connectivity index (χ2n) is 7.81. The van der Waals surface area contributed by atoms with Crippen LogP contribution in [0.2, 0.25) is 0 Å². The molecule has 0 atom stereocenters. The fraction of sp³-hybridized carbons (Fsp3) is 0.458. The normalized spacial score (nSPS) is 14.7. The Morgan fingerprint density at radius 2 is 1.79 bits per heavy atom. The fourth-order valence-corrected chi connectivity index (χ4v) is 3.64. The molecule has 1 fully saturated rings. The molecule has 0 aromatic heterocycles. The lowest BCUT2D eigenvalue weighted by Crippen LogP contribution is -2.13. The summed E-state index contributed by atoms with van der Waals surface area (Å²) in [5.41, 5.74) is 1.32. The number of rotatable bonds is 8. The zero-order valence-electron chi connectivity index (χ0n) is 16.9. The molecule has 0 saturated heterocycles. The van der Waals surface area contributed by atoms with E-state index in [2.05, 4.69) is 5.32 Å². The summed E-state index contributed by atoms with van der Waals surface area (Å²) in [5.74, 6) is 2.22. The summed E-state index contributed by atoms with van der Waals surface area (Å²) < 4.78 is 11.5. The maximum Gasteiger partial charge on any atom is 0.255 e. The molecular formula is C24H31NO3. The molecule has 1 amide bonds. The van der Waals surface area contributed by atoms with Crippen LogP contribution in [0.4, 0.5) is 5.69 Å². The van der Waals surface area contributed by atoms with Crippen molar-refractivity contribution in [2.45, 2.75) is 58.5 Å². The first-order valence-electron chi connectivity index (χ1n) is 10.4. The second kappa shape index (κ2) is 10.2. The summed E-state index contributed by atoms with van der Waals surface area (Å²) in [4.78, 5) is 12.5. The highest BCUT2D eigenvalue weighted by Gasteiger charge is 2.13. The Bertz CT molecular complexity index is 749. The van der Waals surface area contributed by atoms with Crippen molar-refractivity contribution in [3.63, 3.8) is 0 Å². The summed E-state index contributed by atoms with van der Waals surface area (Å²) in [6.45, 7) is 4.69. The van der Waals surface area contributed by atoms with Gasteiger partial charge in [0.15, 0.2) is 0 Å². The molecule has 4 nitrogen and oxygen atoms in total. The minimum Gasteiger partial charge on any atom is -0.494 e. The first-order chi connectivity index (χ1) is 13.6. The van der Waals surface area contributed by atoms with E-state index in [4.69, 9.17) is 9.47 Å². The first kappa shape index (κ1) is 20.2. The van der Waals surface area contributed by atoms with Crippen LogP contribution in [-0.4, -0.2) is 18.6 Å². The third kappa shape index (κ3) is 6.29. The molecule has 2 aromatic rings. The van der Waals surface area contributed by atoms with Gasteiger partial charge in [0.05, 0.1) is 12.7 Å². The van der Waals surface area contributed by atoms with Gasteiger partial charge < -0.3 is 14.8 Å². The largest absolute Gasteiger partial charge is 0.494 e. The molecular weight excluding hydrogens is 350 g/mol. The Morgan fingerprint density at radius 3 is 2.50 bits per heavy atom. The lowest BCUT2D eigenvalue weighted by molar-refractivity contribution is 0.102. The van der Waals surface area contributed by atoms with Crippen molar-refractivity contribution in [3.05, 3.63) is 54.1 Å². The van der Waals surface area contributed by atoms with Crippen LogP contribution in [0.25, 0.3) is 0 Å². The molecule has 0 bridgehead atoms. The Labute approximate surface area is 168 Å². The summed E-state index contributed by atoms with van der Waals surface area (Å²) >= 11 is 0. The zero-order valence-corrected chi connectivity index (χ0v) is 16.9. The van der Waals surface area contributed by atoms with Crippen molar-refractivity contribution in [3.8, 4) is 11.5 Å². The Hall–Kier alpha value is -2.49. The monoisotopic (exact) mass is 381 g/mol. The van der Waals surface area contributed by atoms with E-state index < -0.39 is 0 Å². The van der Waals surface area contributed by atoms with E-state index in [1.54, 1.807) is 12.1 Å². The average Bonchev–Trinajstić information content (AvgIpc) is 2.70. The lowest BCUT2D eigenvalue weighted by atomic mass is 9.87. The predicted molar refractivity (Wildman–Crippen MR) is 113 cm³/mol. The van der Waals surface area contributed by atoms with E-state index in [0.717, 1.165) is 30.4 Å². The van der Waals surface area contributed by atoms with Gasteiger partial charge in [-0.1, -0.05) is 38.2 Å². The van der Waals surface area contributed by atoms with Crippen LogP contribution < -0.4 is 14.8 Å². The highest BCUT2D eigenvalue weighted by molar-refractivity contribution is 6.04. The standard InChI is InChI=1S/C24H31NO3/c1-18(2)28-23-10-6-9-20(17-23)24(26)25-21-11-13-22(14-12-21)27-16-15-19-7-4-3-5-8-19/h6,9-14,17-19H,3-5,7-8,15-16H2,1-2H3,(H,25,26). The number of carbonyl (C=O) groups is 1. The van der Waals surface area contributed by atoms with E-state index in [9.17, 15) is 4.79 Å². The third-order valence-electron chi connectivity index (χ3n) is 5.10. The molecule has 2 aromatic carbocycles. The predicted octanol–water partition coefficient (Wildman–Crippen LogP) is 6.08. The number of hydrogen-bond acceptors (Lipinski definition) is 3. The molecule has 1 N–H and O–H groups in total. The van der Waals surface area contributed by atoms with Crippen molar-refractivity contribution < 1.29 is 14.3 Å². The van der Waals surface area contributed by atoms with Crippen molar-refractivity contribution >= 4 is 11.6 Å². The van der Waals surface area contributed by atoms with Gasteiger partial charge in [0.25, 0.3) is 5.91 Å². The molecule has 0 heterocycles. The van der Waals surface area contributed by atoms with Crippen molar-refractivity contribution in [1.82, 2.24) is 0 Å². The molecule has 4 heteroatoms. The van der Waals surface area contributed by atoms with E-state index >= 15 is 0 Å². The smallest absolute Gasteiger partial charge is 0.255 e. The van der Waals surface area contributed by atoms with E-state index in [0.29, 0.717) is 11.3 Å². The SMILES string of the molecule is CC(C)Oc1cccc(C(=O)Nc2ccc(OCCC3CCCCC3)cc2)c1. The van der Waals surface area contributed by atoms with Crippen LogP contribution in [0.3, 0.4) is 0 Å². The Morgan fingerprint density at radius 1 is 1.04 bits per heavy atom. The summed E-state index contributed by atoms with van der Waals surface area (Å²) in [5, 5.41) is 2.92. The lowest BCUT2D eigenvalue weighted by Gasteiger charge is -2.21. The van der Waals surface area contributed by atoms with Gasteiger partial charge in [-0.05, 0) is 68.7 Å². The number of anilines is 1. The summed E-state index contributed by atoms with van der Waals surface area (Å²) in [6, 6.07) is 14.8. The number of amides is 1. The van der Waals surface area contributed by atoms with Crippen LogP contribution in [-0.2, 0) is 0 Å². The van der Waals surface area contributed by atoms with Crippen LogP contribution in [0.15, 0.2) is 48.5 Å². The van der Waals surface area contributed by atoms with Gasteiger partial charge in [0.2, 0.25) is 0 Å². The van der Waals surface area contributed by atoms with E-state index in [1.165, 1.54) is 32.1 Å². The minimum atomic E-state index is -0.153. The highest BCUT2D eigenvalue weighted by atomic mass is 16.5. The van der Waals surface area contributed by atoms with Gasteiger partial charge >= 0.3 is 0 Å². The molecule has 0 radical (unpaired) electrons. The zero-order chi connectivity index (χ0) is 19.8. The van der Waals surface area contributed by atoms with Crippen molar-refractivity contribution in [2.24, 2.45) is 5.92 Å². The Balaban J connectivity index is 1.48. The molecule has 0 unspecified atom stereocenters.